The third-order valence-corrected chi connectivity index (χ3v) is 3.28. The summed E-state index contributed by atoms with van der Waals surface area (Å²) in [4.78, 5) is 0. The largest absolute Gasteiger partial charge is 0.495 e. The number of hydrogen-bond donors (Lipinski definition) is 1. The van der Waals surface area contributed by atoms with E-state index in [1.807, 2.05) is 12.1 Å². The highest BCUT2D eigenvalue weighted by atomic mass is 35.5. The Hall–Kier alpha value is -2.69. The fraction of sp³-hybridized carbons (Fsp3) is 0.125. The first-order valence-electron chi connectivity index (χ1n) is 6.18. The van der Waals surface area contributed by atoms with Gasteiger partial charge in [0.05, 0.1) is 35.0 Å². The number of nitrogens with zero attached hydrogens (tertiary/aromatic N) is 2. The van der Waals surface area contributed by atoms with Crippen molar-refractivity contribution in [3.63, 3.8) is 0 Å². The molecule has 0 bridgehead atoms. The first-order chi connectivity index (χ1) is 10.2. The Morgan fingerprint density at radius 3 is 2.57 bits per heavy atom. The molecule has 104 valence electrons. The lowest BCUT2D eigenvalue weighted by atomic mass is 10.1. The molecule has 0 aliphatic rings. The molecule has 1 N–H and O–H groups in total. The van der Waals surface area contributed by atoms with Gasteiger partial charge < -0.3 is 10.1 Å². The Bertz CT molecular complexity index is 744. The van der Waals surface area contributed by atoms with Crippen LogP contribution in [0.25, 0.3) is 0 Å². The zero-order valence-corrected chi connectivity index (χ0v) is 12.1. The molecule has 0 heterocycles. The molecule has 5 heteroatoms. The van der Waals surface area contributed by atoms with Gasteiger partial charge in [0.25, 0.3) is 0 Å². The van der Waals surface area contributed by atoms with Gasteiger partial charge in [0, 0.05) is 6.54 Å². The maximum absolute atomic E-state index is 9.06. The molecule has 0 radical (unpaired) electrons. The lowest BCUT2D eigenvalue weighted by Gasteiger charge is -2.10. The van der Waals surface area contributed by atoms with Crippen LogP contribution in [0.3, 0.4) is 0 Å². The molecule has 0 aliphatic carbocycles. The molecule has 0 unspecified atom stereocenters. The zero-order valence-electron chi connectivity index (χ0n) is 11.4. The van der Waals surface area contributed by atoms with Crippen molar-refractivity contribution in [1.29, 1.82) is 10.5 Å². The quantitative estimate of drug-likeness (QED) is 0.934. The van der Waals surface area contributed by atoms with Crippen LogP contribution in [0.1, 0.15) is 16.7 Å². The number of nitriles is 2. The summed E-state index contributed by atoms with van der Waals surface area (Å²) >= 11 is 6.09. The second kappa shape index (κ2) is 6.65. The van der Waals surface area contributed by atoms with Crippen molar-refractivity contribution >= 4 is 17.3 Å². The van der Waals surface area contributed by atoms with Gasteiger partial charge in [-0.05, 0) is 35.9 Å². The molecule has 0 saturated heterocycles. The Labute approximate surface area is 128 Å². The highest BCUT2D eigenvalue weighted by Crippen LogP contribution is 2.24. The van der Waals surface area contributed by atoms with Gasteiger partial charge in [-0.2, -0.15) is 10.5 Å². The normalized spacial score (nSPS) is 9.52. The fourth-order valence-electron chi connectivity index (χ4n) is 1.88. The first kappa shape index (κ1) is 14.7. The van der Waals surface area contributed by atoms with Crippen LogP contribution in [0.4, 0.5) is 5.69 Å². The monoisotopic (exact) mass is 297 g/mol. The smallest absolute Gasteiger partial charge is 0.136 e. The maximum atomic E-state index is 9.06. The number of benzene rings is 2. The predicted molar refractivity (Wildman–Crippen MR) is 81.2 cm³/mol. The van der Waals surface area contributed by atoms with Crippen LogP contribution in [-0.4, -0.2) is 7.11 Å². The summed E-state index contributed by atoms with van der Waals surface area (Å²) in [6, 6.07) is 14.6. The Balaban J connectivity index is 2.14. The second-order valence-electron chi connectivity index (χ2n) is 4.31. The van der Waals surface area contributed by atoms with Crippen molar-refractivity contribution in [1.82, 2.24) is 0 Å². The maximum Gasteiger partial charge on any atom is 0.136 e. The molecule has 2 aromatic rings. The van der Waals surface area contributed by atoms with Crippen LogP contribution in [-0.2, 0) is 6.54 Å². The van der Waals surface area contributed by atoms with Gasteiger partial charge in [-0.25, -0.2) is 0 Å². The van der Waals surface area contributed by atoms with E-state index in [2.05, 4.69) is 11.4 Å². The Morgan fingerprint density at radius 1 is 1.14 bits per heavy atom. The molecule has 0 atom stereocenters. The van der Waals surface area contributed by atoms with E-state index in [9.17, 15) is 0 Å². The summed E-state index contributed by atoms with van der Waals surface area (Å²) in [5.74, 6) is 0.553. The number of rotatable bonds is 4. The molecule has 21 heavy (non-hydrogen) atoms. The molecular formula is C16H12ClN3O. The molecular weight excluding hydrogens is 286 g/mol. The zero-order chi connectivity index (χ0) is 15.2. The van der Waals surface area contributed by atoms with Gasteiger partial charge in [-0.3, -0.25) is 0 Å². The fourth-order valence-corrected chi connectivity index (χ4v) is 2.13. The molecule has 0 fully saturated rings. The molecule has 4 nitrogen and oxygen atoms in total. The van der Waals surface area contributed by atoms with Crippen molar-refractivity contribution in [2.75, 3.05) is 12.4 Å². The number of anilines is 1. The van der Waals surface area contributed by atoms with Gasteiger partial charge in [0.2, 0.25) is 0 Å². The number of nitrogens with one attached hydrogen (secondary N) is 1. The lowest BCUT2D eigenvalue weighted by molar-refractivity contribution is 0.413. The molecule has 0 saturated carbocycles. The molecule has 0 aromatic heterocycles. The average molecular weight is 298 g/mol. The third kappa shape index (κ3) is 3.45. The first-order valence-corrected chi connectivity index (χ1v) is 6.56. The summed E-state index contributed by atoms with van der Waals surface area (Å²) < 4.78 is 5.10. The summed E-state index contributed by atoms with van der Waals surface area (Å²) in [7, 11) is 1.53. The lowest BCUT2D eigenvalue weighted by Crippen LogP contribution is -2.01. The van der Waals surface area contributed by atoms with Crippen LogP contribution >= 0.6 is 11.6 Å². The van der Waals surface area contributed by atoms with Crippen molar-refractivity contribution in [2.45, 2.75) is 6.54 Å². The van der Waals surface area contributed by atoms with E-state index >= 15 is 0 Å². The van der Waals surface area contributed by atoms with E-state index in [0.29, 0.717) is 28.4 Å². The minimum atomic E-state index is 0.489. The second-order valence-corrected chi connectivity index (χ2v) is 4.71. The van der Waals surface area contributed by atoms with Gasteiger partial charge in [0.15, 0.2) is 0 Å². The van der Waals surface area contributed by atoms with Crippen LogP contribution < -0.4 is 10.1 Å². The van der Waals surface area contributed by atoms with Crippen LogP contribution in [0, 0.1) is 22.7 Å². The van der Waals surface area contributed by atoms with Gasteiger partial charge in [-0.1, -0.05) is 17.7 Å². The van der Waals surface area contributed by atoms with E-state index < -0.39 is 0 Å². The highest BCUT2D eigenvalue weighted by molar-refractivity contribution is 6.33. The number of methoxy groups -OCH3 is 1. The number of hydrogen-bond acceptors (Lipinski definition) is 4. The van der Waals surface area contributed by atoms with Gasteiger partial charge >= 0.3 is 0 Å². The molecule has 2 aromatic carbocycles. The van der Waals surface area contributed by atoms with Crippen LogP contribution in [0.2, 0.25) is 5.02 Å². The minimum absolute atomic E-state index is 0.489. The van der Waals surface area contributed by atoms with Crippen molar-refractivity contribution in [3.8, 4) is 17.9 Å². The van der Waals surface area contributed by atoms with Gasteiger partial charge in [0.1, 0.15) is 11.8 Å². The summed E-state index contributed by atoms with van der Waals surface area (Å²) in [6.45, 7) is 0.518. The highest BCUT2D eigenvalue weighted by Gasteiger charge is 2.05. The average Bonchev–Trinajstić information content (AvgIpc) is 2.53. The van der Waals surface area contributed by atoms with Crippen LogP contribution in [0.5, 0.6) is 5.75 Å². The van der Waals surface area contributed by atoms with E-state index in [4.69, 9.17) is 26.9 Å². The molecule has 0 amide bonds. The van der Waals surface area contributed by atoms with E-state index in [-0.39, 0.29) is 0 Å². The minimum Gasteiger partial charge on any atom is -0.495 e. The van der Waals surface area contributed by atoms with E-state index in [1.54, 1.807) is 30.3 Å². The standard InChI is InChI=1S/C16H12ClN3O/c1-21-16-5-3-12(6-13(16)9-19)10-20-15-4-2-11(8-18)7-14(15)17/h2-7,20H,10H2,1H3. The Morgan fingerprint density at radius 2 is 1.95 bits per heavy atom. The number of ether oxygens (including phenoxy) is 1. The summed E-state index contributed by atoms with van der Waals surface area (Å²) in [5, 5.41) is 21.5. The summed E-state index contributed by atoms with van der Waals surface area (Å²) in [6.07, 6.45) is 0. The molecule has 0 aliphatic heterocycles. The van der Waals surface area contributed by atoms with E-state index in [0.717, 1.165) is 11.3 Å². The number of halogens is 1. The van der Waals surface area contributed by atoms with Gasteiger partial charge in [-0.15, -0.1) is 0 Å². The Kier molecular flexibility index (Phi) is 4.66. The summed E-state index contributed by atoms with van der Waals surface area (Å²) in [5.41, 5.74) is 2.68. The van der Waals surface area contributed by atoms with Crippen LogP contribution in [0.15, 0.2) is 36.4 Å². The van der Waals surface area contributed by atoms with Crippen molar-refractivity contribution < 1.29 is 4.74 Å². The molecule has 2 rings (SSSR count). The van der Waals surface area contributed by atoms with Crippen molar-refractivity contribution in [2.24, 2.45) is 0 Å². The topological polar surface area (TPSA) is 68.8 Å². The van der Waals surface area contributed by atoms with Crippen molar-refractivity contribution in [3.05, 3.63) is 58.1 Å². The predicted octanol–water partition coefficient (Wildman–Crippen LogP) is 3.70. The van der Waals surface area contributed by atoms with E-state index in [1.165, 1.54) is 7.11 Å². The molecule has 0 spiro atoms. The third-order valence-electron chi connectivity index (χ3n) is 2.97. The SMILES string of the molecule is COc1ccc(CNc2ccc(C#N)cc2Cl)cc1C#N.